The summed E-state index contributed by atoms with van der Waals surface area (Å²) >= 11 is 3.49. The highest BCUT2D eigenvalue weighted by atomic mass is 79.9. The van der Waals surface area contributed by atoms with Gasteiger partial charge in [0.25, 0.3) is 0 Å². The van der Waals surface area contributed by atoms with Gasteiger partial charge in [-0.2, -0.15) is 0 Å². The molecule has 1 heterocycles. The molecule has 0 radical (unpaired) electrons. The first-order valence-electron chi connectivity index (χ1n) is 6.61. The van der Waals surface area contributed by atoms with Gasteiger partial charge in [0.05, 0.1) is 0 Å². The molecule has 1 aromatic carbocycles. The van der Waals surface area contributed by atoms with Gasteiger partial charge in [-0.1, -0.05) is 34.1 Å². The van der Waals surface area contributed by atoms with Gasteiger partial charge in [0.1, 0.15) is 11.9 Å². The number of hydrogen-bond donors (Lipinski definition) is 1. The lowest BCUT2D eigenvalue weighted by Gasteiger charge is -2.35. The Morgan fingerprint density at radius 3 is 2.94 bits per heavy atom. The first-order chi connectivity index (χ1) is 8.74. The Morgan fingerprint density at radius 1 is 1.28 bits per heavy atom. The molecular weight excluding hydrogens is 290 g/mol. The van der Waals surface area contributed by atoms with Crippen molar-refractivity contribution in [1.29, 1.82) is 0 Å². The van der Waals surface area contributed by atoms with Crippen LogP contribution in [0.1, 0.15) is 37.3 Å². The van der Waals surface area contributed by atoms with Crippen LogP contribution in [0.3, 0.4) is 0 Å². The summed E-state index contributed by atoms with van der Waals surface area (Å²) in [6.07, 6.45) is 9.27. The number of benzene rings is 1. The fourth-order valence-corrected chi connectivity index (χ4v) is 3.29. The molecule has 1 aromatic rings. The van der Waals surface area contributed by atoms with Crippen LogP contribution in [0.5, 0.6) is 5.75 Å². The fourth-order valence-electron chi connectivity index (χ4n) is 2.95. The summed E-state index contributed by atoms with van der Waals surface area (Å²) < 4.78 is 7.23. The molecule has 0 saturated heterocycles. The quantitative estimate of drug-likeness (QED) is 0.797. The molecule has 0 aromatic heterocycles. The lowest BCUT2D eigenvalue weighted by Crippen LogP contribution is -2.35. The average Bonchev–Trinajstić information content (AvgIpc) is 2.39. The van der Waals surface area contributed by atoms with Crippen LogP contribution < -0.4 is 10.5 Å². The molecule has 0 amide bonds. The van der Waals surface area contributed by atoms with Gasteiger partial charge in [-0.15, -0.1) is 0 Å². The second kappa shape index (κ2) is 5.06. The minimum absolute atomic E-state index is 0.109. The van der Waals surface area contributed by atoms with Gasteiger partial charge in [-0.05, 0) is 37.3 Å². The van der Waals surface area contributed by atoms with Crippen molar-refractivity contribution in [1.82, 2.24) is 0 Å². The minimum atomic E-state index is 0.109. The molecule has 0 saturated carbocycles. The molecule has 3 atom stereocenters. The van der Waals surface area contributed by atoms with Crippen LogP contribution in [0.2, 0.25) is 0 Å². The molecule has 3 rings (SSSR count). The number of rotatable bonds is 1. The smallest absolute Gasteiger partial charge is 0.125 e. The SMILES string of the molecule is N[C@@H]1CC(C2CC=CCC2)Oc2cc(Br)ccc21. The van der Waals surface area contributed by atoms with Crippen molar-refractivity contribution in [3.8, 4) is 5.75 Å². The van der Waals surface area contributed by atoms with Gasteiger partial charge < -0.3 is 10.5 Å². The molecule has 96 valence electrons. The van der Waals surface area contributed by atoms with E-state index in [1.807, 2.05) is 12.1 Å². The predicted octanol–water partition coefficient (Wildman–Crippen LogP) is 3.96. The van der Waals surface area contributed by atoms with E-state index >= 15 is 0 Å². The van der Waals surface area contributed by atoms with Crippen molar-refractivity contribution in [2.75, 3.05) is 0 Å². The number of allylic oxidation sites excluding steroid dienone is 2. The average molecular weight is 308 g/mol. The van der Waals surface area contributed by atoms with Crippen molar-refractivity contribution in [3.63, 3.8) is 0 Å². The van der Waals surface area contributed by atoms with Crippen LogP contribution in [-0.2, 0) is 0 Å². The maximum atomic E-state index is 6.28. The maximum absolute atomic E-state index is 6.28. The van der Waals surface area contributed by atoms with E-state index in [0.717, 1.165) is 28.6 Å². The molecule has 1 aliphatic carbocycles. The van der Waals surface area contributed by atoms with Crippen molar-refractivity contribution in [3.05, 3.63) is 40.4 Å². The Labute approximate surface area is 116 Å². The Morgan fingerprint density at radius 2 is 2.17 bits per heavy atom. The molecule has 3 heteroatoms. The zero-order valence-electron chi connectivity index (χ0n) is 10.3. The van der Waals surface area contributed by atoms with Crippen LogP contribution in [0.25, 0.3) is 0 Å². The number of nitrogens with two attached hydrogens (primary N) is 1. The van der Waals surface area contributed by atoms with E-state index in [-0.39, 0.29) is 12.1 Å². The normalized spacial score (nSPS) is 30.7. The number of ether oxygens (including phenoxy) is 1. The standard InChI is InChI=1S/C15H18BrNO/c16-11-6-7-12-13(17)9-14(18-15(12)8-11)10-4-2-1-3-5-10/h1-2,6-8,10,13-14H,3-5,9,17H2/t10?,13-,14?/m1/s1. The summed E-state index contributed by atoms with van der Waals surface area (Å²) in [5.74, 6) is 1.58. The van der Waals surface area contributed by atoms with E-state index in [0.29, 0.717) is 5.92 Å². The van der Waals surface area contributed by atoms with Crippen LogP contribution in [0, 0.1) is 5.92 Å². The van der Waals surface area contributed by atoms with Gasteiger partial charge in [0, 0.05) is 22.5 Å². The van der Waals surface area contributed by atoms with Gasteiger partial charge in [-0.25, -0.2) is 0 Å². The molecule has 2 nitrogen and oxygen atoms in total. The van der Waals surface area contributed by atoms with Gasteiger partial charge in [0.2, 0.25) is 0 Å². The third kappa shape index (κ3) is 2.34. The highest BCUT2D eigenvalue weighted by molar-refractivity contribution is 9.10. The molecule has 2 aliphatic rings. The molecule has 18 heavy (non-hydrogen) atoms. The highest BCUT2D eigenvalue weighted by Gasteiger charge is 2.31. The van der Waals surface area contributed by atoms with E-state index in [1.54, 1.807) is 0 Å². The number of hydrogen-bond acceptors (Lipinski definition) is 2. The number of halogens is 1. The number of fused-ring (bicyclic) bond motifs is 1. The topological polar surface area (TPSA) is 35.2 Å². The lowest BCUT2D eigenvalue weighted by atomic mass is 9.84. The van der Waals surface area contributed by atoms with Crippen molar-refractivity contribution >= 4 is 15.9 Å². The summed E-state index contributed by atoms with van der Waals surface area (Å²) in [6.45, 7) is 0. The largest absolute Gasteiger partial charge is 0.490 e. The summed E-state index contributed by atoms with van der Waals surface area (Å²) in [5, 5.41) is 0. The zero-order chi connectivity index (χ0) is 12.5. The Kier molecular flexibility index (Phi) is 3.44. The van der Waals surface area contributed by atoms with Crippen LogP contribution in [0.4, 0.5) is 0 Å². The zero-order valence-corrected chi connectivity index (χ0v) is 11.9. The molecule has 2 unspecified atom stereocenters. The Hall–Kier alpha value is -0.800. The maximum Gasteiger partial charge on any atom is 0.125 e. The monoisotopic (exact) mass is 307 g/mol. The molecule has 1 aliphatic heterocycles. The van der Waals surface area contributed by atoms with Gasteiger partial charge in [-0.3, -0.25) is 0 Å². The fraction of sp³-hybridized carbons (Fsp3) is 0.467. The second-order valence-electron chi connectivity index (χ2n) is 5.23. The van der Waals surface area contributed by atoms with Crippen LogP contribution in [0.15, 0.2) is 34.8 Å². The van der Waals surface area contributed by atoms with Crippen molar-refractivity contribution in [2.45, 2.75) is 37.8 Å². The summed E-state index contributed by atoms with van der Waals surface area (Å²) in [6, 6.07) is 6.25. The lowest BCUT2D eigenvalue weighted by molar-refractivity contribution is 0.0937. The van der Waals surface area contributed by atoms with Crippen LogP contribution >= 0.6 is 15.9 Å². The predicted molar refractivity (Wildman–Crippen MR) is 76.6 cm³/mol. The van der Waals surface area contributed by atoms with Crippen molar-refractivity contribution in [2.24, 2.45) is 11.7 Å². The van der Waals surface area contributed by atoms with Crippen LogP contribution in [-0.4, -0.2) is 6.10 Å². The van der Waals surface area contributed by atoms with Crippen molar-refractivity contribution < 1.29 is 4.74 Å². The van der Waals surface area contributed by atoms with Gasteiger partial charge in [0.15, 0.2) is 0 Å². The summed E-state index contributed by atoms with van der Waals surface area (Å²) in [5.41, 5.74) is 7.42. The summed E-state index contributed by atoms with van der Waals surface area (Å²) in [7, 11) is 0. The van der Waals surface area contributed by atoms with E-state index in [4.69, 9.17) is 10.5 Å². The Balaban J connectivity index is 1.83. The summed E-state index contributed by atoms with van der Waals surface area (Å²) in [4.78, 5) is 0. The molecule has 0 bridgehead atoms. The van der Waals surface area contributed by atoms with E-state index in [2.05, 4.69) is 34.1 Å². The first kappa shape index (κ1) is 12.2. The molecule has 2 N–H and O–H groups in total. The van der Waals surface area contributed by atoms with E-state index < -0.39 is 0 Å². The molecular formula is C15H18BrNO. The second-order valence-corrected chi connectivity index (χ2v) is 6.14. The minimum Gasteiger partial charge on any atom is -0.490 e. The van der Waals surface area contributed by atoms with E-state index in [1.165, 1.54) is 12.8 Å². The highest BCUT2D eigenvalue weighted by Crippen LogP contribution is 2.39. The first-order valence-corrected chi connectivity index (χ1v) is 7.40. The third-order valence-corrected chi connectivity index (χ3v) is 4.47. The Bertz CT molecular complexity index is 472. The molecule has 0 spiro atoms. The third-order valence-electron chi connectivity index (χ3n) is 3.98. The van der Waals surface area contributed by atoms with E-state index in [9.17, 15) is 0 Å². The van der Waals surface area contributed by atoms with Gasteiger partial charge >= 0.3 is 0 Å². The molecule has 0 fully saturated rings.